The van der Waals surface area contributed by atoms with E-state index in [9.17, 15) is 10.5 Å². The van der Waals surface area contributed by atoms with Gasteiger partial charge in [-0.15, -0.1) is 0 Å². The summed E-state index contributed by atoms with van der Waals surface area (Å²) in [5.74, 6) is 0.403. The maximum Gasteiger partial charge on any atom is 0.151 e. The van der Waals surface area contributed by atoms with Gasteiger partial charge in [-0.05, 0) is 29.8 Å². The van der Waals surface area contributed by atoms with Crippen LogP contribution < -0.4 is 11.1 Å². The number of benzene rings is 2. The number of nitrogen functional groups attached to an aromatic ring is 1. The van der Waals surface area contributed by atoms with Gasteiger partial charge in [-0.1, -0.05) is 46.3 Å². The van der Waals surface area contributed by atoms with Crippen LogP contribution in [-0.2, 0) is 0 Å². The van der Waals surface area contributed by atoms with Crippen LogP contribution >= 0.6 is 15.9 Å². The van der Waals surface area contributed by atoms with Gasteiger partial charge in [-0.3, -0.25) is 0 Å². The Balaban J connectivity index is 2.21. The van der Waals surface area contributed by atoms with Gasteiger partial charge in [0.05, 0.1) is 0 Å². The molecule has 0 aliphatic rings. The Morgan fingerprint density at radius 2 is 1.56 bits per heavy atom. The summed E-state index contributed by atoms with van der Waals surface area (Å²) in [6, 6.07) is 20.9. The Morgan fingerprint density at radius 1 is 0.920 bits per heavy atom. The van der Waals surface area contributed by atoms with E-state index in [2.05, 4.69) is 38.4 Å². The molecular weight excluding hydrogens is 378 g/mol. The molecule has 0 fully saturated rings. The van der Waals surface area contributed by atoms with Gasteiger partial charge in [0, 0.05) is 15.7 Å². The minimum absolute atomic E-state index is 0.0833. The van der Waals surface area contributed by atoms with Crippen molar-refractivity contribution in [2.75, 3.05) is 11.1 Å². The number of hydrogen-bond donors (Lipinski definition) is 2. The number of nitrogens with one attached hydrogen (secondary N) is 1. The number of hydrogen-bond acceptors (Lipinski definition) is 5. The molecule has 0 aliphatic heterocycles. The maximum atomic E-state index is 9.71. The van der Waals surface area contributed by atoms with Crippen LogP contribution in [0.15, 0.2) is 59.1 Å². The molecule has 25 heavy (non-hydrogen) atoms. The zero-order valence-electron chi connectivity index (χ0n) is 13.0. The summed E-state index contributed by atoms with van der Waals surface area (Å²) in [6.45, 7) is 0. The molecule has 3 rings (SSSR count). The molecule has 0 saturated carbocycles. The molecule has 0 amide bonds. The normalized spacial score (nSPS) is 9.88. The highest BCUT2D eigenvalue weighted by Crippen LogP contribution is 2.35. The molecule has 3 N–H and O–H groups in total. The maximum absolute atomic E-state index is 9.71. The van der Waals surface area contributed by atoms with E-state index in [0.29, 0.717) is 11.4 Å². The van der Waals surface area contributed by atoms with Gasteiger partial charge in [-0.25, -0.2) is 4.98 Å². The molecule has 0 aliphatic carbocycles. The molecule has 3 aromatic rings. The monoisotopic (exact) mass is 389 g/mol. The van der Waals surface area contributed by atoms with Crippen molar-refractivity contribution in [1.29, 1.82) is 10.5 Å². The average molecular weight is 390 g/mol. The molecule has 5 nitrogen and oxygen atoms in total. The summed E-state index contributed by atoms with van der Waals surface area (Å²) < 4.78 is 0.941. The van der Waals surface area contributed by atoms with Crippen LogP contribution in [0.3, 0.4) is 0 Å². The molecule has 120 valence electrons. The molecule has 6 heteroatoms. The fourth-order valence-electron chi connectivity index (χ4n) is 2.48. The Morgan fingerprint density at radius 3 is 2.16 bits per heavy atom. The van der Waals surface area contributed by atoms with E-state index < -0.39 is 0 Å². The van der Waals surface area contributed by atoms with Gasteiger partial charge < -0.3 is 11.1 Å². The number of nitriles is 2. The number of anilines is 3. The van der Waals surface area contributed by atoms with Crippen molar-refractivity contribution in [2.45, 2.75) is 0 Å². The van der Waals surface area contributed by atoms with Crippen molar-refractivity contribution in [3.8, 4) is 23.3 Å². The standard InChI is InChI=1S/C19H12BrN5/c20-13-6-8-14(9-7-13)24-19-16(11-22)17(12-4-2-1-3-5-12)15(10-21)18(23)25-19/h1-9H,(H3,23,24,25). The largest absolute Gasteiger partial charge is 0.383 e. The van der Waals surface area contributed by atoms with Gasteiger partial charge >= 0.3 is 0 Å². The number of nitrogens with two attached hydrogens (primary N) is 1. The fourth-order valence-corrected chi connectivity index (χ4v) is 2.74. The number of pyridine rings is 1. The molecule has 0 atom stereocenters. The van der Waals surface area contributed by atoms with E-state index in [-0.39, 0.29) is 16.9 Å². The van der Waals surface area contributed by atoms with Crippen molar-refractivity contribution in [1.82, 2.24) is 4.98 Å². The number of nitrogens with zero attached hydrogens (tertiary/aromatic N) is 3. The topological polar surface area (TPSA) is 98.5 Å². The second-order valence-corrected chi connectivity index (χ2v) is 6.11. The zero-order valence-corrected chi connectivity index (χ0v) is 14.6. The van der Waals surface area contributed by atoms with E-state index in [4.69, 9.17) is 5.73 Å². The highest BCUT2D eigenvalue weighted by Gasteiger charge is 2.20. The third kappa shape index (κ3) is 3.30. The van der Waals surface area contributed by atoms with E-state index >= 15 is 0 Å². The van der Waals surface area contributed by atoms with Crippen LogP contribution in [0.2, 0.25) is 0 Å². The molecule has 0 bridgehead atoms. The second kappa shape index (κ2) is 7.04. The predicted octanol–water partition coefficient (Wildman–Crippen LogP) is 4.58. The summed E-state index contributed by atoms with van der Waals surface area (Å²) in [4.78, 5) is 4.23. The summed E-state index contributed by atoms with van der Waals surface area (Å²) in [7, 11) is 0. The van der Waals surface area contributed by atoms with Crippen LogP contribution in [0.25, 0.3) is 11.1 Å². The minimum atomic E-state index is 0.0833. The number of rotatable bonds is 3. The highest BCUT2D eigenvalue weighted by molar-refractivity contribution is 9.10. The lowest BCUT2D eigenvalue weighted by Gasteiger charge is -2.14. The Hall–Kier alpha value is -3.35. The Labute approximate surface area is 153 Å². The lowest BCUT2D eigenvalue weighted by molar-refractivity contribution is 1.27. The second-order valence-electron chi connectivity index (χ2n) is 5.19. The Bertz CT molecular complexity index is 999. The van der Waals surface area contributed by atoms with Gasteiger partial charge in [0.15, 0.2) is 5.82 Å². The van der Waals surface area contributed by atoms with Crippen LogP contribution in [0.4, 0.5) is 17.3 Å². The molecule has 0 spiro atoms. The van der Waals surface area contributed by atoms with E-state index in [0.717, 1.165) is 15.7 Å². The fraction of sp³-hybridized carbons (Fsp3) is 0. The predicted molar refractivity (Wildman–Crippen MR) is 101 cm³/mol. The average Bonchev–Trinajstić information content (AvgIpc) is 2.64. The van der Waals surface area contributed by atoms with Gasteiger partial charge in [0.25, 0.3) is 0 Å². The summed E-state index contributed by atoms with van der Waals surface area (Å²) in [6.07, 6.45) is 0. The van der Waals surface area contributed by atoms with Crippen molar-refractivity contribution in [2.24, 2.45) is 0 Å². The molecule has 0 saturated heterocycles. The molecule has 0 radical (unpaired) electrons. The van der Waals surface area contributed by atoms with Crippen molar-refractivity contribution >= 4 is 33.3 Å². The SMILES string of the molecule is N#Cc1c(N)nc(Nc2ccc(Br)cc2)c(C#N)c1-c1ccccc1. The minimum Gasteiger partial charge on any atom is -0.383 e. The smallest absolute Gasteiger partial charge is 0.151 e. The number of aromatic nitrogens is 1. The van der Waals surface area contributed by atoms with Crippen LogP contribution in [0, 0.1) is 22.7 Å². The van der Waals surface area contributed by atoms with Crippen molar-refractivity contribution in [3.63, 3.8) is 0 Å². The van der Waals surface area contributed by atoms with Crippen molar-refractivity contribution in [3.05, 3.63) is 70.2 Å². The van der Waals surface area contributed by atoms with Gasteiger partial charge in [0.1, 0.15) is 29.1 Å². The summed E-state index contributed by atoms with van der Waals surface area (Å²) in [5.41, 5.74) is 8.44. The van der Waals surface area contributed by atoms with Crippen molar-refractivity contribution < 1.29 is 0 Å². The third-order valence-corrected chi connectivity index (χ3v) is 4.15. The summed E-state index contributed by atoms with van der Waals surface area (Å²) in [5, 5.41) is 22.3. The Kier molecular flexibility index (Phi) is 4.65. The first-order chi connectivity index (χ1) is 12.1. The first-order valence-electron chi connectivity index (χ1n) is 7.35. The molecule has 2 aromatic carbocycles. The first kappa shape index (κ1) is 16.5. The van der Waals surface area contributed by atoms with Crippen LogP contribution in [0.1, 0.15) is 11.1 Å². The quantitative estimate of drug-likeness (QED) is 0.682. The molecule has 0 unspecified atom stereocenters. The zero-order chi connectivity index (χ0) is 17.8. The summed E-state index contributed by atoms with van der Waals surface area (Å²) >= 11 is 3.38. The lowest BCUT2D eigenvalue weighted by Crippen LogP contribution is -2.06. The van der Waals surface area contributed by atoms with E-state index in [1.165, 1.54) is 0 Å². The highest BCUT2D eigenvalue weighted by atomic mass is 79.9. The third-order valence-electron chi connectivity index (χ3n) is 3.62. The van der Waals surface area contributed by atoms with E-state index in [1.54, 1.807) is 0 Å². The molecule has 1 heterocycles. The van der Waals surface area contributed by atoms with Gasteiger partial charge in [0.2, 0.25) is 0 Å². The molecule has 1 aromatic heterocycles. The van der Waals surface area contributed by atoms with Crippen LogP contribution in [0.5, 0.6) is 0 Å². The lowest BCUT2D eigenvalue weighted by atomic mass is 9.96. The number of halogens is 1. The van der Waals surface area contributed by atoms with Crippen LogP contribution in [-0.4, -0.2) is 4.98 Å². The molecular formula is C19H12BrN5. The van der Waals surface area contributed by atoms with Gasteiger partial charge in [-0.2, -0.15) is 10.5 Å². The first-order valence-corrected chi connectivity index (χ1v) is 8.15. The van der Waals surface area contributed by atoms with E-state index in [1.807, 2.05) is 54.6 Å².